The number of primary amides is 1. The molecule has 0 unspecified atom stereocenters. The Labute approximate surface area is 664 Å². The Morgan fingerprint density at radius 1 is 0.427 bits per heavy atom. The first-order valence-electron chi connectivity index (χ1n) is 36.2. The first kappa shape index (κ1) is 80.1. The number of anilines is 8. The lowest BCUT2D eigenvalue weighted by Crippen LogP contribution is -2.48. The maximum atomic E-state index is 13.3. The highest BCUT2D eigenvalue weighted by Gasteiger charge is 2.49. The number of nitrogens with one attached hydrogen (secondary N) is 9. The van der Waals surface area contributed by atoms with Crippen LogP contribution in [0, 0.1) is 17.8 Å². The average Bonchev–Trinajstić information content (AvgIpc) is 1.58. The predicted octanol–water partition coefficient (Wildman–Crippen LogP) is 10.9. The number of fused-ring (bicyclic) bond motifs is 6. The number of nitrogens with two attached hydrogens (primary N) is 2. The highest BCUT2D eigenvalue weighted by Crippen LogP contribution is 2.43. The number of halogens is 6. The lowest BCUT2D eigenvalue weighted by Gasteiger charge is -2.35. The molecule has 10 heterocycles. The van der Waals surface area contributed by atoms with E-state index in [1.54, 1.807) is 22.8 Å². The molecule has 580 valence electrons. The van der Waals surface area contributed by atoms with Gasteiger partial charge in [0.2, 0.25) is 17.7 Å². The fourth-order valence-electron chi connectivity index (χ4n) is 14.2. The third-order valence-electron chi connectivity index (χ3n) is 20.2. The second kappa shape index (κ2) is 34.4. The van der Waals surface area contributed by atoms with Crippen LogP contribution >= 0.6 is 78.3 Å². The number of aromatic amines is 1. The first-order chi connectivity index (χ1) is 52.6. The Kier molecular flexibility index (Phi) is 25.0. The summed E-state index contributed by atoms with van der Waals surface area (Å²) in [5.41, 5.74) is 8.09. The van der Waals surface area contributed by atoms with Gasteiger partial charge in [-0.1, -0.05) is 72.1 Å². The van der Waals surface area contributed by atoms with Crippen molar-refractivity contribution in [2.45, 2.75) is 184 Å². The van der Waals surface area contributed by atoms with Gasteiger partial charge in [-0.2, -0.15) is 0 Å². The van der Waals surface area contributed by atoms with Crippen LogP contribution in [0.1, 0.15) is 209 Å². The van der Waals surface area contributed by atoms with Crippen molar-refractivity contribution in [3.05, 3.63) is 155 Å². The van der Waals surface area contributed by atoms with Gasteiger partial charge in [0.25, 0.3) is 45.9 Å². The summed E-state index contributed by atoms with van der Waals surface area (Å²) in [6, 6.07) is 10.4. The largest absolute Gasteiger partial charge is 0.384 e. The normalized spacial score (nSPS) is 18.3. The number of Topliss-reactive ketones (excluding diaryl/α,β-unsaturated/α-hetero) is 1. The molecule has 0 radical (unpaired) electrons. The number of nitrogens with zero attached hydrogens (tertiary/aromatic N) is 9. The Morgan fingerprint density at radius 3 is 1.12 bits per heavy atom. The maximum Gasteiger partial charge on any atom is 0.276 e. The number of ketones is 1. The summed E-state index contributed by atoms with van der Waals surface area (Å²) in [5.74, 6) is 1.24. The van der Waals surface area contributed by atoms with Gasteiger partial charge in [0, 0.05) is 48.8 Å². The second-order valence-corrected chi connectivity index (χ2v) is 31.7. The number of pyridine rings is 4. The molecule has 7 fully saturated rings. The van der Waals surface area contributed by atoms with Crippen molar-refractivity contribution in [1.82, 2.24) is 64.5 Å². The van der Waals surface area contributed by atoms with Gasteiger partial charge in [-0.3, -0.25) is 71.2 Å². The molecule has 0 saturated heterocycles. The lowest BCUT2D eigenvalue weighted by molar-refractivity contribution is -0.120. The van der Waals surface area contributed by atoms with E-state index < -0.39 is 28.5 Å². The molecule has 7 saturated carbocycles. The first-order valence-corrected chi connectivity index (χ1v) is 39.3. The minimum atomic E-state index is -0.760. The number of carbonyl (C=O) groups is 8. The summed E-state index contributed by atoms with van der Waals surface area (Å²) in [4.78, 5) is 170. The lowest BCUT2D eigenvalue weighted by atomic mass is 9.89. The molecule has 7 amide bonds. The zero-order valence-electron chi connectivity index (χ0n) is 59.2. The molecule has 7 aromatic rings. The Hall–Kier alpha value is -9.48. The fraction of sp³-hybridized carbons (Fsp3) is 0.444. The molecule has 32 nitrogen and oxygen atoms in total. The van der Waals surface area contributed by atoms with E-state index in [0.29, 0.717) is 81.6 Å². The van der Waals surface area contributed by atoms with Crippen molar-refractivity contribution in [2.24, 2.45) is 23.5 Å². The Balaban J connectivity index is 0.000000131. The van der Waals surface area contributed by atoms with Gasteiger partial charge in [0.1, 0.15) is 111 Å². The second-order valence-electron chi connectivity index (χ2n) is 28.3. The van der Waals surface area contributed by atoms with Gasteiger partial charge in [0.15, 0.2) is 0 Å². The van der Waals surface area contributed by atoms with Crippen molar-refractivity contribution < 1.29 is 38.4 Å². The highest BCUT2D eigenvalue weighted by atomic mass is 79.9. The van der Waals surface area contributed by atoms with Crippen LogP contribution in [-0.4, -0.2) is 95.7 Å². The number of H-pyrrole nitrogens is 1. The molecular formula is C72H78Br2Cl4N20O12. The van der Waals surface area contributed by atoms with Gasteiger partial charge in [-0.05, 0) is 185 Å². The van der Waals surface area contributed by atoms with Crippen molar-refractivity contribution >= 4 is 172 Å². The van der Waals surface area contributed by atoms with Gasteiger partial charge < -0.3 is 59.0 Å². The molecule has 110 heavy (non-hydrogen) atoms. The van der Waals surface area contributed by atoms with Crippen molar-refractivity contribution in [1.29, 1.82) is 0 Å². The molecular weight excluding hydrogens is 1640 g/mol. The van der Waals surface area contributed by atoms with E-state index in [1.807, 2.05) is 0 Å². The Morgan fingerprint density at radius 2 is 0.764 bits per heavy atom. The smallest absolute Gasteiger partial charge is 0.276 e. The van der Waals surface area contributed by atoms with Crippen LogP contribution < -0.4 is 76.2 Å². The SMILES string of the molecule is NC(=O)c1[nH]c(=O)c(Br)cc1Cl.Nc1cc(NC(=O)C2CC2)ncn1.O=C1CCCCC1.O=C1NC2(CCCCC2)n2c1c(Cl)cc(Br)c2=O.O=C1NC2(CCCCC2)n2c1c(Cl)cc(Nc1cc(NC(=O)C3CC3)ncn1)c2=O.O=C1NC2(CCCCC2)n2c1c(Cl)cc(Nc1cc(NC(=O)C3CC3)ncn1)c2=O. The summed E-state index contributed by atoms with van der Waals surface area (Å²) >= 11 is 30.7. The van der Waals surface area contributed by atoms with Crippen molar-refractivity contribution in [3.8, 4) is 0 Å². The maximum absolute atomic E-state index is 13.3. The van der Waals surface area contributed by atoms with Crippen LogP contribution in [0.2, 0.25) is 20.1 Å². The molecule has 7 aromatic heterocycles. The summed E-state index contributed by atoms with van der Waals surface area (Å²) in [7, 11) is 0. The number of carbonyl (C=O) groups excluding carboxylic acids is 8. The van der Waals surface area contributed by atoms with Gasteiger partial charge in [-0.15, -0.1) is 0 Å². The molecule has 10 aliphatic rings. The molecule has 0 atom stereocenters. The van der Waals surface area contributed by atoms with Crippen molar-refractivity contribution in [2.75, 3.05) is 32.3 Å². The van der Waals surface area contributed by atoms with Gasteiger partial charge >= 0.3 is 0 Å². The number of hydrogen-bond donors (Lipinski definition) is 11. The third-order valence-corrected chi connectivity index (χ3v) is 22.5. The van der Waals surface area contributed by atoms with Crippen LogP contribution in [-0.2, 0) is 36.2 Å². The molecule has 0 aromatic carbocycles. The minimum absolute atomic E-state index is 0.0260. The predicted molar refractivity (Wildman–Crippen MR) is 418 cm³/mol. The third kappa shape index (κ3) is 18.6. The van der Waals surface area contributed by atoms with Crippen molar-refractivity contribution in [3.63, 3.8) is 0 Å². The average molecular weight is 1720 g/mol. The number of nitrogen functional groups attached to an aromatic ring is 1. The van der Waals surface area contributed by atoms with Crippen LogP contribution in [0.5, 0.6) is 0 Å². The van der Waals surface area contributed by atoms with Crippen LogP contribution in [0.3, 0.4) is 0 Å². The monoisotopic (exact) mass is 1710 g/mol. The molecule has 3 spiro atoms. The van der Waals surface area contributed by atoms with E-state index in [4.69, 9.17) is 57.9 Å². The summed E-state index contributed by atoms with van der Waals surface area (Å²) in [6.07, 6.45) is 28.1. The van der Waals surface area contributed by atoms with Crippen LogP contribution in [0.15, 0.2) is 89.6 Å². The van der Waals surface area contributed by atoms with E-state index in [9.17, 15) is 57.5 Å². The minimum Gasteiger partial charge on any atom is -0.384 e. The zero-order chi connectivity index (χ0) is 78.3. The zero-order valence-corrected chi connectivity index (χ0v) is 65.4. The molecule has 38 heteroatoms. The Bertz CT molecular complexity index is 4880. The van der Waals surface area contributed by atoms with E-state index in [2.05, 4.69) is 109 Å². The van der Waals surface area contributed by atoms with Crippen LogP contribution in [0.25, 0.3) is 0 Å². The standard InChI is InChI=1S/2C20H21ClN6O3.C12H12BrClN2O2.C8H10N4O.C6H4BrClN2O2.C6H10O/c2*21-12-8-13(24-14-9-15(23-10-22-14)25-17(28)11-4-5-11)19(30)27-16(12)18(29)26-20(27)6-2-1-3-7-20;13-7-6-8(14)9-10(17)15-12(16(9)11(7)18)4-2-1-3-5-12;9-6-3-7(11-4-10-6)12-8(13)5-1-2-5;7-2-1-3(8)4(5(9)11)10-6(2)12;7-6-4-2-1-3-5-6/h2*8-11H,1-7H2,(H,26,29)(H2,22,23,24,25,28);6H,1-5H2,(H,15,17);3-5H,1-2H2,(H3,9,10,11,12,13);1H,(H2,9,11)(H,10,12);1-5H2. The number of hydrogen-bond acceptors (Lipinski definition) is 21. The topological polar surface area (TPSA) is 461 Å². The van der Waals surface area contributed by atoms with E-state index in [-0.39, 0.29) is 118 Å². The summed E-state index contributed by atoms with van der Waals surface area (Å²) in [6.45, 7) is 0. The van der Waals surface area contributed by atoms with Gasteiger partial charge in [-0.25, -0.2) is 29.9 Å². The number of rotatable bonds is 11. The summed E-state index contributed by atoms with van der Waals surface area (Å²) < 4.78 is 5.24. The highest BCUT2D eigenvalue weighted by molar-refractivity contribution is 9.10. The number of aromatic nitrogens is 10. The van der Waals surface area contributed by atoms with E-state index in [1.165, 1.54) is 58.8 Å². The summed E-state index contributed by atoms with van der Waals surface area (Å²) in [5, 5.41) is 23.9. The molecule has 17 rings (SSSR count). The quantitative estimate of drug-likeness (QED) is 0.0573. The van der Waals surface area contributed by atoms with E-state index >= 15 is 0 Å². The van der Waals surface area contributed by atoms with E-state index in [0.717, 1.165) is 135 Å². The van der Waals surface area contributed by atoms with Gasteiger partial charge in [0.05, 0.1) is 29.0 Å². The number of amides is 7. The molecule has 0 bridgehead atoms. The molecule has 3 aliphatic heterocycles. The molecule has 7 aliphatic carbocycles. The fourth-order valence-corrected chi connectivity index (χ4v) is 16.3. The molecule has 13 N–H and O–H groups in total. The van der Waals surface area contributed by atoms with Crippen LogP contribution in [0.4, 0.5) is 46.3 Å².